The third-order valence-electron chi connectivity index (χ3n) is 3.99. The Labute approximate surface area is 174 Å². The summed E-state index contributed by atoms with van der Waals surface area (Å²) in [7, 11) is 0. The molecular weight excluding hydrogens is 477 g/mol. The zero-order valence-electron chi connectivity index (χ0n) is 14.5. The molecule has 1 aromatic carbocycles. The third kappa shape index (κ3) is 3.53. The minimum atomic E-state index is -4.74. The van der Waals surface area contributed by atoms with Gasteiger partial charge in [0.15, 0.2) is 11.5 Å². The molecule has 0 bridgehead atoms. The molecule has 3 aromatic heterocycles. The molecule has 0 fully saturated rings. The van der Waals surface area contributed by atoms with Crippen LogP contribution in [0.5, 0.6) is 0 Å². The van der Waals surface area contributed by atoms with Crippen LogP contribution in [0, 0.1) is 6.92 Å². The predicted molar refractivity (Wildman–Crippen MR) is 103 cm³/mol. The average molecular weight is 486 g/mol. The number of aryl methyl sites for hydroxylation is 1. The number of alkyl halides is 3. The molecular formula is C18H9BrClF3N4O2. The molecule has 0 spiro atoms. The van der Waals surface area contributed by atoms with Crippen molar-refractivity contribution in [2.24, 2.45) is 0 Å². The fraction of sp³-hybridized carbons (Fsp3) is 0.111. The SMILES string of the molecule is Cc1cc(Br)c2nc(-c3cc(C(F)(F)F)nn3-c3ncccc3Cl)oc(=O)c2c1. The minimum absolute atomic E-state index is 0.0607. The van der Waals surface area contributed by atoms with Gasteiger partial charge in [-0.2, -0.15) is 18.3 Å². The molecule has 0 aliphatic rings. The third-order valence-corrected chi connectivity index (χ3v) is 4.89. The number of hydrogen-bond donors (Lipinski definition) is 0. The number of hydrogen-bond acceptors (Lipinski definition) is 5. The second kappa shape index (κ2) is 6.96. The zero-order valence-corrected chi connectivity index (χ0v) is 16.8. The molecule has 0 unspecified atom stereocenters. The number of benzene rings is 1. The standard InChI is InChI=1S/C18H9BrClF3N4O2/c1-8-5-9-14(10(19)6-8)25-16(29-17(9)28)12-7-13(18(21,22)23)26-27(12)15-11(20)3-2-4-24-15/h2-7H,1H3. The predicted octanol–water partition coefficient (Wildman–Crippen LogP) is 5.18. The van der Waals surface area contributed by atoms with Gasteiger partial charge in [-0.25, -0.2) is 19.4 Å². The molecule has 11 heteroatoms. The summed E-state index contributed by atoms with van der Waals surface area (Å²) in [6, 6.07) is 7.01. The number of nitrogens with zero attached hydrogens (tertiary/aromatic N) is 4. The van der Waals surface area contributed by atoms with Crippen molar-refractivity contribution in [3.63, 3.8) is 0 Å². The molecule has 0 N–H and O–H groups in total. The van der Waals surface area contributed by atoms with Crippen LogP contribution in [0.4, 0.5) is 13.2 Å². The van der Waals surface area contributed by atoms with E-state index >= 15 is 0 Å². The van der Waals surface area contributed by atoms with Crippen LogP contribution in [-0.2, 0) is 6.18 Å². The average Bonchev–Trinajstić information content (AvgIpc) is 3.08. The number of aromatic nitrogens is 4. The highest BCUT2D eigenvalue weighted by Gasteiger charge is 2.36. The minimum Gasteiger partial charge on any atom is -0.401 e. The van der Waals surface area contributed by atoms with Gasteiger partial charge in [-0.3, -0.25) is 0 Å². The summed E-state index contributed by atoms with van der Waals surface area (Å²) in [5.41, 5.74) is -1.14. The van der Waals surface area contributed by atoms with Gasteiger partial charge in [0.2, 0.25) is 5.89 Å². The Bertz CT molecular complexity index is 1320. The van der Waals surface area contributed by atoms with Crippen LogP contribution in [0.15, 0.2) is 50.2 Å². The monoisotopic (exact) mass is 484 g/mol. The van der Waals surface area contributed by atoms with E-state index < -0.39 is 17.5 Å². The second-order valence-corrected chi connectivity index (χ2v) is 7.34. The van der Waals surface area contributed by atoms with Crippen molar-refractivity contribution in [3.8, 4) is 17.4 Å². The fourth-order valence-corrected chi connectivity index (χ4v) is 3.61. The van der Waals surface area contributed by atoms with Gasteiger partial charge in [0.05, 0.1) is 15.9 Å². The zero-order chi connectivity index (χ0) is 20.9. The Balaban J connectivity index is 2.04. The van der Waals surface area contributed by atoms with Crippen molar-refractivity contribution in [3.05, 3.63) is 67.7 Å². The second-order valence-electron chi connectivity index (χ2n) is 6.08. The molecule has 148 valence electrons. The molecule has 0 aliphatic carbocycles. The van der Waals surface area contributed by atoms with Crippen LogP contribution in [0.3, 0.4) is 0 Å². The van der Waals surface area contributed by atoms with Crippen molar-refractivity contribution in [1.29, 1.82) is 0 Å². The van der Waals surface area contributed by atoms with Gasteiger partial charge in [-0.05, 0) is 52.7 Å². The number of fused-ring (bicyclic) bond motifs is 1. The Morgan fingerprint density at radius 2 is 2.00 bits per heavy atom. The lowest BCUT2D eigenvalue weighted by Crippen LogP contribution is -2.09. The van der Waals surface area contributed by atoms with Crippen LogP contribution in [-0.4, -0.2) is 19.7 Å². The summed E-state index contributed by atoms with van der Waals surface area (Å²) in [6.07, 6.45) is -3.39. The molecule has 0 saturated heterocycles. The molecule has 6 nitrogen and oxygen atoms in total. The van der Waals surface area contributed by atoms with E-state index in [-0.39, 0.29) is 33.3 Å². The highest BCUT2D eigenvalue weighted by Crippen LogP contribution is 2.34. The molecule has 29 heavy (non-hydrogen) atoms. The normalized spacial score (nSPS) is 11.9. The summed E-state index contributed by atoms with van der Waals surface area (Å²) in [5, 5.41) is 3.82. The lowest BCUT2D eigenvalue weighted by molar-refractivity contribution is -0.141. The van der Waals surface area contributed by atoms with Gasteiger partial charge in [0.25, 0.3) is 0 Å². The Morgan fingerprint density at radius 3 is 2.69 bits per heavy atom. The van der Waals surface area contributed by atoms with E-state index in [4.69, 9.17) is 16.0 Å². The number of pyridine rings is 1. The lowest BCUT2D eigenvalue weighted by Gasteiger charge is -2.08. The van der Waals surface area contributed by atoms with Crippen LogP contribution >= 0.6 is 27.5 Å². The van der Waals surface area contributed by atoms with E-state index in [1.807, 2.05) is 0 Å². The van der Waals surface area contributed by atoms with E-state index in [9.17, 15) is 18.0 Å². The molecule has 3 heterocycles. The van der Waals surface area contributed by atoms with E-state index in [0.717, 1.165) is 16.3 Å². The molecule has 4 aromatic rings. The first-order valence-electron chi connectivity index (χ1n) is 8.04. The highest BCUT2D eigenvalue weighted by molar-refractivity contribution is 9.10. The van der Waals surface area contributed by atoms with Gasteiger partial charge in [-0.1, -0.05) is 11.6 Å². The number of rotatable bonds is 2. The van der Waals surface area contributed by atoms with Gasteiger partial charge in [0, 0.05) is 16.7 Å². The summed E-state index contributed by atoms with van der Waals surface area (Å²) in [5.74, 6) is -0.413. The van der Waals surface area contributed by atoms with Crippen LogP contribution in [0.1, 0.15) is 11.3 Å². The number of halogens is 5. The Hall–Kier alpha value is -2.72. The quantitative estimate of drug-likeness (QED) is 0.391. The summed E-state index contributed by atoms with van der Waals surface area (Å²) in [6.45, 7) is 1.78. The Morgan fingerprint density at radius 1 is 1.24 bits per heavy atom. The molecule has 4 rings (SSSR count). The van der Waals surface area contributed by atoms with Crippen molar-refractivity contribution >= 4 is 38.4 Å². The van der Waals surface area contributed by atoms with Crippen LogP contribution in [0.2, 0.25) is 5.02 Å². The first kappa shape index (κ1) is 19.6. The van der Waals surface area contributed by atoms with Gasteiger partial charge in [-0.15, -0.1) is 0 Å². The van der Waals surface area contributed by atoms with Crippen LogP contribution < -0.4 is 5.63 Å². The van der Waals surface area contributed by atoms with Crippen molar-refractivity contribution in [1.82, 2.24) is 19.7 Å². The maximum absolute atomic E-state index is 13.3. The largest absolute Gasteiger partial charge is 0.435 e. The Kier molecular flexibility index (Phi) is 4.70. The smallest absolute Gasteiger partial charge is 0.401 e. The maximum atomic E-state index is 13.3. The molecule has 0 radical (unpaired) electrons. The molecule has 0 saturated carbocycles. The summed E-state index contributed by atoms with van der Waals surface area (Å²) in [4.78, 5) is 20.7. The van der Waals surface area contributed by atoms with E-state index in [2.05, 4.69) is 31.0 Å². The van der Waals surface area contributed by atoms with Crippen molar-refractivity contribution < 1.29 is 17.6 Å². The van der Waals surface area contributed by atoms with Gasteiger partial charge < -0.3 is 4.42 Å². The molecule has 0 amide bonds. The van der Waals surface area contributed by atoms with Gasteiger partial charge >= 0.3 is 11.8 Å². The van der Waals surface area contributed by atoms with E-state index in [1.165, 1.54) is 18.3 Å². The highest BCUT2D eigenvalue weighted by atomic mass is 79.9. The first-order chi connectivity index (χ1) is 13.6. The molecule has 0 atom stereocenters. The van der Waals surface area contributed by atoms with E-state index in [0.29, 0.717) is 4.47 Å². The van der Waals surface area contributed by atoms with Gasteiger partial charge in [0.1, 0.15) is 5.69 Å². The topological polar surface area (TPSA) is 73.8 Å². The summed E-state index contributed by atoms with van der Waals surface area (Å²) < 4.78 is 46.5. The maximum Gasteiger partial charge on any atom is 0.435 e. The van der Waals surface area contributed by atoms with Crippen LogP contribution in [0.25, 0.3) is 28.3 Å². The first-order valence-corrected chi connectivity index (χ1v) is 9.22. The fourth-order valence-electron chi connectivity index (χ4n) is 2.75. The lowest BCUT2D eigenvalue weighted by atomic mass is 10.2. The molecule has 0 aliphatic heterocycles. The van der Waals surface area contributed by atoms with Crippen molar-refractivity contribution in [2.75, 3.05) is 0 Å². The van der Waals surface area contributed by atoms with E-state index in [1.54, 1.807) is 19.1 Å². The summed E-state index contributed by atoms with van der Waals surface area (Å²) >= 11 is 9.41. The van der Waals surface area contributed by atoms with Crippen molar-refractivity contribution in [2.45, 2.75) is 13.1 Å².